The van der Waals surface area contributed by atoms with Gasteiger partial charge in [-0.2, -0.15) is 0 Å². The van der Waals surface area contributed by atoms with Crippen LogP contribution in [0.4, 0.5) is 0 Å². The molecule has 56 heavy (non-hydrogen) atoms. The molecule has 0 amide bonds. The van der Waals surface area contributed by atoms with Crippen LogP contribution in [0.2, 0.25) is 0 Å². The number of nitrogens with zero attached hydrogens (tertiary/aromatic N) is 1. The number of thiophene rings is 1. The minimum Gasteiger partial charge on any atom is -0.455 e. The quantitative estimate of drug-likeness (QED) is 0.164. The molecule has 13 rings (SSSR count). The normalized spacial score (nSPS) is 17.2. The molecular formula is C53H35NOS. The molecule has 0 saturated heterocycles. The van der Waals surface area contributed by atoms with Crippen LogP contribution >= 0.6 is 11.3 Å². The lowest BCUT2D eigenvalue weighted by Crippen LogP contribution is -2.37. The van der Waals surface area contributed by atoms with Gasteiger partial charge in [-0.05, 0) is 79.1 Å². The third-order valence-electron chi connectivity index (χ3n) is 13.2. The summed E-state index contributed by atoms with van der Waals surface area (Å²) in [6.45, 7) is 5.02. The first-order chi connectivity index (χ1) is 27.5. The number of para-hydroxylation sites is 2. The molecule has 0 bridgehead atoms. The Kier molecular flexibility index (Phi) is 5.99. The molecule has 0 saturated carbocycles. The zero-order chi connectivity index (χ0) is 36.9. The van der Waals surface area contributed by atoms with Crippen LogP contribution in [-0.2, 0) is 5.41 Å². The van der Waals surface area contributed by atoms with Gasteiger partial charge in [0.2, 0.25) is 0 Å². The van der Waals surface area contributed by atoms with Crippen molar-refractivity contribution in [3.8, 4) is 16.8 Å². The van der Waals surface area contributed by atoms with Crippen molar-refractivity contribution in [2.75, 3.05) is 0 Å². The predicted molar refractivity (Wildman–Crippen MR) is 238 cm³/mol. The number of benzene rings is 8. The van der Waals surface area contributed by atoms with Crippen molar-refractivity contribution in [3.63, 3.8) is 0 Å². The number of furan rings is 1. The van der Waals surface area contributed by atoms with Crippen LogP contribution < -0.4 is 9.75 Å². The maximum absolute atomic E-state index is 7.00. The van der Waals surface area contributed by atoms with Crippen molar-refractivity contribution in [3.05, 3.63) is 173 Å². The molecule has 3 heteroatoms. The van der Waals surface area contributed by atoms with Gasteiger partial charge in [0, 0.05) is 53.3 Å². The minimum atomic E-state index is -0.292. The first-order valence-corrected chi connectivity index (χ1v) is 20.5. The van der Waals surface area contributed by atoms with Crippen LogP contribution in [0, 0.1) is 5.92 Å². The largest absolute Gasteiger partial charge is 0.455 e. The van der Waals surface area contributed by atoms with Crippen molar-refractivity contribution < 1.29 is 4.42 Å². The molecule has 2 aliphatic carbocycles. The van der Waals surface area contributed by atoms with E-state index in [9.17, 15) is 0 Å². The zero-order valence-corrected chi connectivity index (χ0v) is 31.8. The average molecular weight is 734 g/mol. The van der Waals surface area contributed by atoms with E-state index < -0.39 is 0 Å². The fourth-order valence-electron chi connectivity index (χ4n) is 10.8. The molecule has 0 fully saturated rings. The maximum Gasteiger partial charge on any atom is 0.143 e. The molecule has 0 N–H and O–H groups in total. The summed E-state index contributed by atoms with van der Waals surface area (Å²) in [6, 6.07) is 56.1. The third kappa shape index (κ3) is 3.91. The minimum absolute atomic E-state index is 0.132. The lowest BCUT2D eigenvalue weighted by molar-refractivity contribution is 0.386. The van der Waals surface area contributed by atoms with Gasteiger partial charge in [-0.3, -0.25) is 0 Å². The highest BCUT2D eigenvalue weighted by molar-refractivity contribution is 7.18. The number of aromatic nitrogens is 1. The van der Waals surface area contributed by atoms with Crippen molar-refractivity contribution >= 4 is 98.9 Å². The van der Waals surface area contributed by atoms with E-state index in [-0.39, 0.29) is 17.3 Å². The van der Waals surface area contributed by atoms with E-state index in [0.717, 1.165) is 16.6 Å². The van der Waals surface area contributed by atoms with E-state index in [1.54, 1.807) is 0 Å². The van der Waals surface area contributed by atoms with E-state index >= 15 is 0 Å². The Morgan fingerprint density at radius 1 is 0.589 bits per heavy atom. The number of fused-ring (bicyclic) bond motifs is 20. The van der Waals surface area contributed by atoms with E-state index in [1.807, 2.05) is 11.3 Å². The highest BCUT2D eigenvalue weighted by Crippen LogP contribution is 2.57. The zero-order valence-electron chi connectivity index (χ0n) is 31.0. The van der Waals surface area contributed by atoms with Crippen LogP contribution in [0.3, 0.4) is 0 Å². The predicted octanol–water partition coefficient (Wildman–Crippen LogP) is 13.1. The summed E-state index contributed by atoms with van der Waals surface area (Å²) in [5, 5.41) is 12.8. The molecule has 8 aromatic carbocycles. The Labute approximate surface area is 326 Å². The molecule has 0 spiro atoms. The second-order valence-corrected chi connectivity index (χ2v) is 17.4. The summed E-state index contributed by atoms with van der Waals surface area (Å²) in [5.41, 5.74) is 10.5. The van der Waals surface area contributed by atoms with E-state index in [4.69, 9.17) is 4.42 Å². The van der Waals surface area contributed by atoms with Gasteiger partial charge in [-0.1, -0.05) is 153 Å². The molecule has 264 valence electrons. The summed E-state index contributed by atoms with van der Waals surface area (Å²) >= 11 is 1.96. The molecule has 3 aromatic heterocycles. The lowest BCUT2D eigenvalue weighted by Gasteiger charge is -2.38. The first-order valence-electron chi connectivity index (χ1n) is 19.7. The van der Waals surface area contributed by atoms with Crippen molar-refractivity contribution in [2.45, 2.75) is 25.2 Å². The standard InChI is InChI=1S/C53H35NOS/c1-53(2)43-29-46-42(38-22-20-31-13-7-9-17-34(31)52(38)56-46)28-41(43)36-23-24-37-35-18-10-11-19-45(35)55-51(37)48(36)39-25-26-40-47-33-16-8-6-12-30(33)21-27-44(47)54(50(40)49(39)53)32-14-4-3-5-15-32/h3-29,41,43H,1-2H3. The Hall–Kier alpha value is -6.42. The molecule has 3 heterocycles. The molecular weight excluding hydrogens is 699 g/mol. The molecule has 11 aromatic rings. The van der Waals surface area contributed by atoms with Crippen molar-refractivity contribution in [1.29, 1.82) is 0 Å². The Bertz CT molecular complexity index is 3630. The molecule has 0 radical (unpaired) electrons. The van der Waals surface area contributed by atoms with Gasteiger partial charge in [0.1, 0.15) is 11.2 Å². The Morgan fingerprint density at radius 3 is 2.14 bits per heavy atom. The second-order valence-electron chi connectivity index (χ2n) is 16.4. The molecule has 2 aliphatic rings. The van der Waals surface area contributed by atoms with Crippen LogP contribution in [-0.4, -0.2) is 4.57 Å². The third-order valence-corrected chi connectivity index (χ3v) is 14.4. The number of hydrogen-bond acceptors (Lipinski definition) is 2. The molecule has 2 unspecified atom stereocenters. The SMILES string of the molecule is CC1(C)c2c(ccc3c4c5ccccc5ccc4n(-c4ccccc4)c23)-c2c(ccc3c2oc2ccccc23)C2C=c3c(sc4c3ccc3ccccc34)=CC21. The second kappa shape index (κ2) is 10.9. The first kappa shape index (κ1) is 30.9. The maximum atomic E-state index is 7.00. The van der Waals surface area contributed by atoms with E-state index in [1.165, 1.54) is 96.5 Å². The van der Waals surface area contributed by atoms with Gasteiger partial charge in [0.15, 0.2) is 0 Å². The van der Waals surface area contributed by atoms with Gasteiger partial charge < -0.3 is 8.98 Å². The van der Waals surface area contributed by atoms with Crippen molar-refractivity contribution in [2.24, 2.45) is 5.92 Å². The van der Waals surface area contributed by atoms with Crippen LogP contribution in [0.25, 0.3) is 104 Å². The van der Waals surface area contributed by atoms with Crippen LogP contribution in [0.5, 0.6) is 0 Å². The van der Waals surface area contributed by atoms with Crippen molar-refractivity contribution in [1.82, 2.24) is 4.57 Å². The highest BCUT2D eigenvalue weighted by atomic mass is 32.1. The van der Waals surface area contributed by atoms with Crippen LogP contribution in [0.1, 0.15) is 30.9 Å². The molecule has 2 atom stereocenters. The molecule has 2 nitrogen and oxygen atoms in total. The smallest absolute Gasteiger partial charge is 0.143 e. The van der Waals surface area contributed by atoms with E-state index in [2.05, 4.69) is 182 Å². The van der Waals surface area contributed by atoms with Gasteiger partial charge in [-0.25, -0.2) is 0 Å². The van der Waals surface area contributed by atoms with Crippen LogP contribution in [0.15, 0.2) is 156 Å². The number of rotatable bonds is 1. The van der Waals surface area contributed by atoms with Gasteiger partial charge in [0.25, 0.3) is 0 Å². The molecule has 0 aliphatic heterocycles. The average Bonchev–Trinajstić information content (AvgIpc) is 3.91. The summed E-state index contributed by atoms with van der Waals surface area (Å²) in [6.07, 6.45) is 5.26. The fraction of sp³-hybridized carbons (Fsp3) is 0.0943. The summed E-state index contributed by atoms with van der Waals surface area (Å²) in [5.74, 6) is 0.313. The topological polar surface area (TPSA) is 18.1 Å². The van der Waals surface area contributed by atoms with E-state index in [0.29, 0.717) is 0 Å². The Balaban J connectivity index is 1.24. The summed E-state index contributed by atoms with van der Waals surface area (Å²) < 4.78 is 12.3. The fourth-order valence-corrected chi connectivity index (χ4v) is 12.1. The highest BCUT2D eigenvalue weighted by Gasteiger charge is 2.45. The number of hydrogen-bond donors (Lipinski definition) is 0. The summed E-state index contributed by atoms with van der Waals surface area (Å²) in [4.78, 5) is 0. The van der Waals surface area contributed by atoms with Gasteiger partial charge in [-0.15, -0.1) is 11.3 Å². The van der Waals surface area contributed by atoms with Gasteiger partial charge >= 0.3 is 0 Å². The monoisotopic (exact) mass is 733 g/mol. The Morgan fingerprint density at radius 2 is 1.29 bits per heavy atom. The van der Waals surface area contributed by atoms with Gasteiger partial charge in [0.05, 0.1) is 11.0 Å². The summed E-state index contributed by atoms with van der Waals surface area (Å²) in [7, 11) is 0. The lowest BCUT2D eigenvalue weighted by atomic mass is 9.66.